The van der Waals surface area contributed by atoms with E-state index >= 15 is 0 Å². The molecule has 0 spiro atoms. The molecule has 0 aliphatic carbocycles. The van der Waals surface area contributed by atoms with Crippen molar-refractivity contribution in [1.29, 1.82) is 0 Å². The molecule has 0 fully saturated rings. The molecule has 1 heterocycles. The van der Waals surface area contributed by atoms with Crippen LogP contribution in [0.1, 0.15) is 37.4 Å². The maximum absolute atomic E-state index is 12.8. The molecule has 4 nitrogen and oxygen atoms in total. The van der Waals surface area contributed by atoms with Gasteiger partial charge in [0.25, 0.3) is 0 Å². The van der Waals surface area contributed by atoms with Crippen LogP contribution in [0.15, 0.2) is 23.3 Å². The first kappa shape index (κ1) is 14.5. The molecule has 108 valence electrons. The van der Waals surface area contributed by atoms with E-state index in [1.165, 1.54) is 6.07 Å². The van der Waals surface area contributed by atoms with Crippen molar-refractivity contribution in [2.75, 3.05) is 5.32 Å². The molecule has 0 saturated heterocycles. The zero-order valence-corrected chi connectivity index (χ0v) is 11.1. The van der Waals surface area contributed by atoms with Crippen molar-refractivity contribution in [2.45, 2.75) is 38.5 Å². The number of benzene rings is 1. The van der Waals surface area contributed by atoms with Crippen LogP contribution < -0.4 is 5.32 Å². The summed E-state index contributed by atoms with van der Waals surface area (Å²) in [7, 11) is 0. The minimum atomic E-state index is -4.40. The molecule has 20 heavy (non-hydrogen) atoms. The molecule has 2 rings (SSSR count). The summed E-state index contributed by atoms with van der Waals surface area (Å²) in [6.45, 7) is 3.86. The van der Waals surface area contributed by atoms with Crippen LogP contribution in [0, 0.1) is 5.92 Å². The summed E-state index contributed by atoms with van der Waals surface area (Å²) in [5.41, 5.74) is 8.97. The van der Waals surface area contributed by atoms with Gasteiger partial charge in [-0.05, 0) is 41.6 Å². The fourth-order valence-electron chi connectivity index (χ4n) is 2.65. The average Bonchev–Trinajstić information content (AvgIpc) is 2.40. The molecule has 1 aromatic carbocycles. The van der Waals surface area contributed by atoms with Crippen LogP contribution in [0.5, 0.6) is 0 Å². The summed E-state index contributed by atoms with van der Waals surface area (Å²) in [5, 5.41) is 6.91. The lowest BCUT2D eigenvalue weighted by atomic mass is 9.82. The van der Waals surface area contributed by atoms with Gasteiger partial charge in [-0.2, -0.15) is 13.2 Å². The number of nitrogens with one attached hydrogen (secondary N) is 1. The highest BCUT2D eigenvalue weighted by atomic mass is 19.4. The number of rotatable bonds is 2. The molecular weight excluding hydrogens is 269 g/mol. The molecule has 1 aliphatic heterocycles. The van der Waals surface area contributed by atoms with Crippen LogP contribution in [0.25, 0.3) is 10.4 Å². The molecule has 0 saturated carbocycles. The van der Waals surface area contributed by atoms with Crippen LogP contribution in [0.2, 0.25) is 0 Å². The lowest BCUT2D eigenvalue weighted by Gasteiger charge is -2.36. The topological polar surface area (TPSA) is 60.8 Å². The van der Waals surface area contributed by atoms with E-state index in [0.717, 1.165) is 18.6 Å². The zero-order valence-electron chi connectivity index (χ0n) is 11.1. The number of halogens is 3. The first-order valence-electron chi connectivity index (χ1n) is 6.40. The summed E-state index contributed by atoms with van der Waals surface area (Å²) < 4.78 is 38.4. The summed E-state index contributed by atoms with van der Waals surface area (Å²) in [6.07, 6.45) is -3.60. The van der Waals surface area contributed by atoms with Gasteiger partial charge < -0.3 is 5.32 Å². The normalized spacial score (nSPS) is 25.4. The number of alkyl halides is 3. The number of hydrogen-bond donors (Lipinski definition) is 1. The van der Waals surface area contributed by atoms with Crippen molar-refractivity contribution in [3.05, 3.63) is 39.8 Å². The number of fused-ring (bicyclic) bond motifs is 1. The highest BCUT2D eigenvalue weighted by Gasteiger charge is 2.36. The Kier molecular flexibility index (Phi) is 3.81. The fraction of sp³-hybridized carbons (Fsp3) is 0.538. The van der Waals surface area contributed by atoms with E-state index in [1.807, 2.05) is 13.8 Å². The van der Waals surface area contributed by atoms with E-state index in [2.05, 4.69) is 15.3 Å². The lowest BCUT2D eigenvalue weighted by Crippen LogP contribution is -2.35. The Morgan fingerprint density at radius 1 is 1.40 bits per heavy atom. The van der Waals surface area contributed by atoms with Crippen molar-refractivity contribution in [3.63, 3.8) is 0 Å². The molecule has 0 unspecified atom stereocenters. The first-order valence-corrected chi connectivity index (χ1v) is 6.40. The molecule has 0 aromatic heterocycles. The quantitative estimate of drug-likeness (QED) is 0.468. The van der Waals surface area contributed by atoms with E-state index < -0.39 is 17.8 Å². The third-order valence-electron chi connectivity index (χ3n) is 3.79. The largest absolute Gasteiger partial charge is 0.416 e. The summed E-state index contributed by atoms with van der Waals surface area (Å²) >= 11 is 0. The van der Waals surface area contributed by atoms with Gasteiger partial charge in [0, 0.05) is 16.6 Å². The van der Waals surface area contributed by atoms with Crippen molar-refractivity contribution >= 4 is 5.69 Å². The highest BCUT2D eigenvalue weighted by Crippen LogP contribution is 2.42. The van der Waals surface area contributed by atoms with Gasteiger partial charge in [0.15, 0.2) is 0 Å². The Morgan fingerprint density at radius 3 is 2.65 bits per heavy atom. The van der Waals surface area contributed by atoms with Crippen LogP contribution in [0.3, 0.4) is 0 Å². The minimum Gasteiger partial charge on any atom is -0.382 e. The first-order chi connectivity index (χ1) is 9.38. The third kappa shape index (κ3) is 2.54. The molecule has 1 aromatic rings. The molecule has 3 atom stereocenters. The Hall–Kier alpha value is -1.88. The van der Waals surface area contributed by atoms with Crippen molar-refractivity contribution in [3.8, 4) is 0 Å². The maximum Gasteiger partial charge on any atom is 0.416 e. The molecule has 1 aliphatic rings. The molecule has 0 bridgehead atoms. The fourth-order valence-corrected chi connectivity index (χ4v) is 2.65. The van der Waals surface area contributed by atoms with Crippen molar-refractivity contribution in [2.24, 2.45) is 11.0 Å². The number of nitrogens with zero attached hydrogens (tertiary/aromatic N) is 3. The van der Waals surface area contributed by atoms with Crippen LogP contribution in [-0.4, -0.2) is 6.04 Å². The van der Waals surface area contributed by atoms with Gasteiger partial charge in [-0.25, -0.2) is 0 Å². The molecule has 1 N–H and O–H groups in total. The Bertz CT molecular complexity index is 549. The van der Waals surface area contributed by atoms with Gasteiger partial charge in [0.1, 0.15) is 0 Å². The predicted octanol–water partition coefficient (Wildman–Crippen LogP) is 4.90. The second-order valence-electron chi connectivity index (χ2n) is 4.97. The van der Waals surface area contributed by atoms with E-state index in [0.29, 0.717) is 11.3 Å². The third-order valence-corrected chi connectivity index (χ3v) is 3.79. The van der Waals surface area contributed by atoms with Gasteiger partial charge in [0.05, 0.1) is 11.6 Å². The van der Waals surface area contributed by atoms with E-state index in [9.17, 15) is 13.2 Å². The molecule has 0 radical (unpaired) electrons. The summed E-state index contributed by atoms with van der Waals surface area (Å²) in [6, 6.07) is 3.02. The smallest absolute Gasteiger partial charge is 0.382 e. The summed E-state index contributed by atoms with van der Waals surface area (Å²) in [4.78, 5) is 2.79. The minimum absolute atomic E-state index is 0.0631. The van der Waals surface area contributed by atoms with Crippen LogP contribution in [0.4, 0.5) is 18.9 Å². The van der Waals surface area contributed by atoms with Gasteiger partial charge >= 0.3 is 6.18 Å². The van der Waals surface area contributed by atoms with E-state index in [-0.39, 0.29) is 12.0 Å². The maximum atomic E-state index is 12.8. The molecule has 0 amide bonds. The second-order valence-corrected chi connectivity index (χ2v) is 4.97. The van der Waals surface area contributed by atoms with Gasteiger partial charge in [0.2, 0.25) is 0 Å². The summed E-state index contributed by atoms with van der Waals surface area (Å²) in [5.74, 6) is -0.0631. The lowest BCUT2D eigenvalue weighted by molar-refractivity contribution is -0.137. The Morgan fingerprint density at radius 2 is 2.10 bits per heavy atom. The van der Waals surface area contributed by atoms with Crippen molar-refractivity contribution < 1.29 is 13.2 Å². The number of hydrogen-bond acceptors (Lipinski definition) is 2. The number of anilines is 1. The van der Waals surface area contributed by atoms with Crippen LogP contribution in [-0.2, 0) is 6.18 Å². The van der Waals surface area contributed by atoms with Crippen molar-refractivity contribution in [1.82, 2.24) is 0 Å². The van der Waals surface area contributed by atoms with Gasteiger partial charge in [-0.3, -0.25) is 0 Å². The monoisotopic (exact) mass is 284 g/mol. The molecule has 7 heteroatoms. The average molecular weight is 284 g/mol. The standard InChI is InChI=1S/C13H15F3N4/c1-3-10-7(2)12(19-20-17)9-6-8(13(14,15)16)4-5-11(9)18-10/h4-7,10,12,18H,3H2,1-2H3/t7-,10+,12+/m1/s1. The Labute approximate surface area is 114 Å². The second kappa shape index (κ2) is 5.25. The number of azide groups is 1. The predicted molar refractivity (Wildman–Crippen MR) is 70.2 cm³/mol. The SMILES string of the molecule is CC[C@@H]1Nc2ccc(C(F)(F)F)cc2[C@@H](N=[N+]=[N-])[C@@H]1C. The zero-order chi connectivity index (χ0) is 14.9. The van der Waals surface area contributed by atoms with Gasteiger partial charge in [-0.1, -0.05) is 19.0 Å². The van der Waals surface area contributed by atoms with E-state index in [1.54, 1.807) is 0 Å². The van der Waals surface area contributed by atoms with E-state index in [4.69, 9.17) is 5.53 Å². The Balaban J connectivity index is 2.53. The molecular formula is C13H15F3N4. The van der Waals surface area contributed by atoms with Gasteiger partial charge in [-0.15, -0.1) is 0 Å². The highest BCUT2D eigenvalue weighted by molar-refractivity contribution is 5.57. The van der Waals surface area contributed by atoms with Crippen LogP contribution >= 0.6 is 0 Å².